The summed E-state index contributed by atoms with van der Waals surface area (Å²) < 4.78 is 35.8. The van der Waals surface area contributed by atoms with E-state index >= 15 is 0 Å². The fourth-order valence-electron chi connectivity index (χ4n) is 1.48. The Labute approximate surface area is 118 Å². The summed E-state index contributed by atoms with van der Waals surface area (Å²) in [5.74, 6) is -1.15. The molecule has 1 amide bonds. The van der Waals surface area contributed by atoms with Gasteiger partial charge in [-0.3, -0.25) is 4.79 Å². The number of rotatable bonds is 4. The molecule has 0 bridgehead atoms. The van der Waals surface area contributed by atoms with Crippen LogP contribution in [0.3, 0.4) is 0 Å². The van der Waals surface area contributed by atoms with Crippen LogP contribution in [0, 0.1) is 11.2 Å². The predicted octanol–water partition coefficient (Wildman–Crippen LogP) is 2.24. The molecule has 112 valence electrons. The molecule has 5 nitrogen and oxygen atoms in total. The minimum atomic E-state index is -3.95. The molecule has 1 rings (SSSR count). The van der Waals surface area contributed by atoms with Crippen LogP contribution in [0.25, 0.3) is 0 Å². The first-order valence-electron chi connectivity index (χ1n) is 6.11. The van der Waals surface area contributed by atoms with Crippen LogP contribution in [0.4, 0.5) is 10.1 Å². The lowest BCUT2D eigenvalue weighted by atomic mass is 9.90. The fraction of sp³-hybridized carbons (Fsp3) is 0.462. The maximum Gasteiger partial charge on any atom is 0.238 e. The minimum absolute atomic E-state index is 0.00731. The van der Waals surface area contributed by atoms with Crippen LogP contribution in [-0.4, -0.2) is 14.3 Å². The Morgan fingerprint density at radius 3 is 2.40 bits per heavy atom. The van der Waals surface area contributed by atoms with E-state index in [0.717, 1.165) is 12.1 Å². The molecule has 0 aliphatic carbocycles. The van der Waals surface area contributed by atoms with E-state index in [0.29, 0.717) is 6.42 Å². The van der Waals surface area contributed by atoms with E-state index in [1.54, 1.807) is 0 Å². The lowest BCUT2D eigenvalue weighted by Gasteiger charge is -2.17. The van der Waals surface area contributed by atoms with Crippen molar-refractivity contribution in [3.05, 3.63) is 24.0 Å². The Kier molecular flexibility index (Phi) is 4.88. The van der Waals surface area contributed by atoms with Crippen LogP contribution in [-0.2, 0) is 14.8 Å². The van der Waals surface area contributed by atoms with E-state index in [4.69, 9.17) is 5.14 Å². The van der Waals surface area contributed by atoms with Gasteiger partial charge in [-0.25, -0.2) is 17.9 Å². The second-order valence-corrected chi connectivity index (χ2v) is 7.36. The van der Waals surface area contributed by atoms with Gasteiger partial charge < -0.3 is 5.32 Å². The van der Waals surface area contributed by atoms with E-state index in [1.165, 1.54) is 6.07 Å². The summed E-state index contributed by atoms with van der Waals surface area (Å²) in [7, 11) is -3.95. The third-order valence-electron chi connectivity index (χ3n) is 2.65. The molecular formula is C13H19FN2O3S. The minimum Gasteiger partial charge on any atom is -0.324 e. The van der Waals surface area contributed by atoms with Crippen molar-refractivity contribution in [3.63, 3.8) is 0 Å². The van der Waals surface area contributed by atoms with E-state index in [-0.39, 0.29) is 28.3 Å². The number of halogens is 1. The Morgan fingerprint density at radius 2 is 1.95 bits per heavy atom. The van der Waals surface area contributed by atoms with Crippen LogP contribution in [0.2, 0.25) is 0 Å². The largest absolute Gasteiger partial charge is 0.324 e. The summed E-state index contributed by atoms with van der Waals surface area (Å²) in [5, 5.41) is 7.30. The molecule has 0 fully saturated rings. The van der Waals surface area contributed by atoms with Crippen LogP contribution in [0.5, 0.6) is 0 Å². The van der Waals surface area contributed by atoms with Crippen LogP contribution >= 0.6 is 0 Å². The molecule has 20 heavy (non-hydrogen) atoms. The van der Waals surface area contributed by atoms with Gasteiger partial charge in [-0.2, -0.15) is 0 Å². The Bertz CT molecular complexity index is 607. The zero-order valence-corrected chi connectivity index (χ0v) is 12.6. The van der Waals surface area contributed by atoms with Crippen molar-refractivity contribution in [2.24, 2.45) is 10.6 Å². The van der Waals surface area contributed by atoms with Crippen molar-refractivity contribution in [1.82, 2.24) is 0 Å². The number of hydrogen-bond donors (Lipinski definition) is 2. The standard InChI is InChI=1S/C13H19FN2O3S/c1-13(2,3)7-6-12(17)16-11-5-4-9(8-10(11)14)20(15,18)19/h4-5,8H,6-7H2,1-3H3,(H,16,17)(H2,15,18,19). The number of amides is 1. The monoisotopic (exact) mass is 302 g/mol. The summed E-state index contributed by atoms with van der Waals surface area (Å²) in [4.78, 5) is 11.3. The van der Waals surface area contributed by atoms with Crippen LogP contribution in [0.15, 0.2) is 23.1 Å². The van der Waals surface area contributed by atoms with Crippen molar-refractivity contribution in [3.8, 4) is 0 Å². The second kappa shape index (κ2) is 5.88. The first-order valence-corrected chi connectivity index (χ1v) is 7.66. The van der Waals surface area contributed by atoms with Gasteiger partial charge in [0.15, 0.2) is 0 Å². The molecule has 3 N–H and O–H groups in total. The van der Waals surface area contributed by atoms with Gasteiger partial charge in [-0.15, -0.1) is 0 Å². The Morgan fingerprint density at radius 1 is 1.35 bits per heavy atom. The van der Waals surface area contributed by atoms with Crippen molar-refractivity contribution in [2.45, 2.75) is 38.5 Å². The number of hydrogen-bond acceptors (Lipinski definition) is 3. The van der Waals surface area contributed by atoms with Crippen molar-refractivity contribution >= 4 is 21.6 Å². The predicted molar refractivity (Wildman–Crippen MR) is 75.1 cm³/mol. The molecular weight excluding hydrogens is 283 g/mol. The summed E-state index contributed by atoms with van der Waals surface area (Å²) in [6, 6.07) is 3.12. The van der Waals surface area contributed by atoms with Gasteiger partial charge in [0.25, 0.3) is 0 Å². The van der Waals surface area contributed by atoms with Gasteiger partial charge in [0, 0.05) is 6.42 Å². The molecule has 1 aromatic carbocycles. The lowest BCUT2D eigenvalue weighted by molar-refractivity contribution is -0.116. The van der Waals surface area contributed by atoms with Gasteiger partial charge in [0.2, 0.25) is 15.9 Å². The Hall–Kier alpha value is -1.47. The molecule has 0 spiro atoms. The van der Waals surface area contributed by atoms with Gasteiger partial charge in [0.05, 0.1) is 10.6 Å². The average molecular weight is 302 g/mol. The molecule has 0 aliphatic rings. The highest BCUT2D eigenvalue weighted by Crippen LogP contribution is 2.22. The zero-order chi connectivity index (χ0) is 15.6. The smallest absolute Gasteiger partial charge is 0.238 e. The number of primary sulfonamides is 1. The van der Waals surface area contributed by atoms with Crippen molar-refractivity contribution in [1.29, 1.82) is 0 Å². The first kappa shape index (κ1) is 16.6. The van der Waals surface area contributed by atoms with Gasteiger partial charge in [-0.1, -0.05) is 20.8 Å². The van der Waals surface area contributed by atoms with E-state index in [2.05, 4.69) is 5.32 Å². The molecule has 7 heteroatoms. The number of carbonyl (C=O) groups is 1. The number of benzene rings is 1. The summed E-state index contributed by atoms with van der Waals surface area (Å²) in [6.07, 6.45) is 0.926. The normalized spacial score (nSPS) is 12.2. The molecule has 0 saturated heterocycles. The number of carbonyl (C=O) groups excluding carboxylic acids is 1. The average Bonchev–Trinajstić information content (AvgIpc) is 2.27. The van der Waals surface area contributed by atoms with Crippen LogP contribution in [0.1, 0.15) is 33.6 Å². The fourth-order valence-corrected chi connectivity index (χ4v) is 2.00. The number of anilines is 1. The number of nitrogens with two attached hydrogens (primary N) is 1. The van der Waals surface area contributed by atoms with E-state index in [9.17, 15) is 17.6 Å². The highest BCUT2D eigenvalue weighted by molar-refractivity contribution is 7.89. The molecule has 0 heterocycles. The lowest BCUT2D eigenvalue weighted by Crippen LogP contribution is -2.17. The first-order chi connectivity index (χ1) is 8.99. The summed E-state index contributed by atoms with van der Waals surface area (Å²) in [6.45, 7) is 6.01. The third-order valence-corrected chi connectivity index (χ3v) is 3.56. The van der Waals surface area contributed by atoms with Crippen molar-refractivity contribution < 1.29 is 17.6 Å². The highest BCUT2D eigenvalue weighted by atomic mass is 32.2. The summed E-state index contributed by atoms with van der Waals surface area (Å²) in [5.41, 5.74) is -0.0517. The number of nitrogens with one attached hydrogen (secondary N) is 1. The molecule has 1 aromatic rings. The maximum absolute atomic E-state index is 13.7. The molecule has 0 atom stereocenters. The molecule has 0 radical (unpaired) electrons. The second-order valence-electron chi connectivity index (χ2n) is 5.80. The third kappa shape index (κ3) is 5.26. The highest BCUT2D eigenvalue weighted by Gasteiger charge is 2.15. The topological polar surface area (TPSA) is 89.3 Å². The zero-order valence-electron chi connectivity index (χ0n) is 11.7. The molecule has 0 aliphatic heterocycles. The van der Waals surface area contributed by atoms with E-state index < -0.39 is 15.8 Å². The molecule has 0 saturated carbocycles. The summed E-state index contributed by atoms with van der Waals surface area (Å²) >= 11 is 0. The quantitative estimate of drug-likeness (QED) is 0.893. The van der Waals surface area contributed by atoms with E-state index in [1.807, 2.05) is 20.8 Å². The number of sulfonamides is 1. The molecule has 0 unspecified atom stereocenters. The maximum atomic E-state index is 13.7. The van der Waals surface area contributed by atoms with Crippen LogP contribution < -0.4 is 10.5 Å². The van der Waals surface area contributed by atoms with Crippen molar-refractivity contribution in [2.75, 3.05) is 5.32 Å². The van der Waals surface area contributed by atoms with Gasteiger partial charge >= 0.3 is 0 Å². The van der Waals surface area contributed by atoms with Gasteiger partial charge in [-0.05, 0) is 30.0 Å². The van der Waals surface area contributed by atoms with Gasteiger partial charge in [0.1, 0.15) is 5.82 Å². The SMILES string of the molecule is CC(C)(C)CCC(=O)Nc1ccc(S(N)(=O)=O)cc1F. The molecule has 0 aromatic heterocycles. The Balaban J connectivity index is 2.77.